The molecule has 2 aromatic rings. The number of ether oxygens (including phenoxy) is 2. The van der Waals surface area contributed by atoms with E-state index in [2.05, 4.69) is 20.6 Å². The molecule has 1 unspecified atom stereocenters. The summed E-state index contributed by atoms with van der Waals surface area (Å²) in [5.41, 5.74) is -0.0932. The van der Waals surface area contributed by atoms with Gasteiger partial charge in [-0.3, -0.25) is 5.32 Å². The van der Waals surface area contributed by atoms with Gasteiger partial charge in [0.2, 0.25) is 5.88 Å². The van der Waals surface area contributed by atoms with E-state index in [1.54, 1.807) is 30.1 Å². The summed E-state index contributed by atoms with van der Waals surface area (Å²) < 4.78 is 12.1. The maximum absolute atomic E-state index is 9.70. The standard InChI is InChI=1S/C13H17N5O3/c1-20-12-4-2-3-11(15-12)18-7-10(16-17-18)13(8-19)9-21-6-5-14-13/h2-4,7,14,19H,5-6,8-9H2,1H3. The van der Waals surface area contributed by atoms with Crippen LogP contribution in [0.4, 0.5) is 0 Å². The first-order valence-electron chi connectivity index (χ1n) is 6.65. The summed E-state index contributed by atoms with van der Waals surface area (Å²) in [6.07, 6.45) is 1.74. The lowest BCUT2D eigenvalue weighted by atomic mass is 9.97. The third-order valence-corrected chi connectivity index (χ3v) is 3.46. The number of hydrogen-bond acceptors (Lipinski definition) is 7. The van der Waals surface area contributed by atoms with E-state index >= 15 is 0 Å². The van der Waals surface area contributed by atoms with Crippen LogP contribution >= 0.6 is 0 Å². The average molecular weight is 291 g/mol. The van der Waals surface area contributed by atoms with E-state index in [0.29, 0.717) is 37.2 Å². The topological polar surface area (TPSA) is 94.3 Å². The van der Waals surface area contributed by atoms with Crippen molar-refractivity contribution >= 4 is 0 Å². The Morgan fingerprint density at radius 3 is 3.14 bits per heavy atom. The second-order valence-electron chi connectivity index (χ2n) is 4.81. The zero-order valence-electron chi connectivity index (χ0n) is 11.7. The molecule has 0 bridgehead atoms. The van der Waals surface area contributed by atoms with Gasteiger partial charge in [-0.25, -0.2) is 4.68 Å². The fourth-order valence-electron chi connectivity index (χ4n) is 2.25. The van der Waals surface area contributed by atoms with Crippen LogP contribution in [-0.4, -0.2) is 58.6 Å². The van der Waals surface area contributed by atoms with E-state index < -0.39 is 5.54 Å². The Morgan fingerprint density at radius 2 is 2.43 bits per heavy atom. The molecule has 0 aliphatic carbocycles. The van der Waals surface area contributed by atoms with Crippen LogP contribution < -0.4 is 10.1 Å². The molecule has 0 radical (unpaired) electrons. The predicted molar refractivity (Wildman–Crippen MR) is 73.3 cm³/mol. The Labute approximate surface area is 121 Å². The molecule has 0 amide bonds. The van der Waals surface area contributed by atoms with Crippen LogP contribution in [0.25, 0.3) is 5.82 Å². The largest absolute Gasteiger partial charge is 0.481 e. The van der Waals surface area contributed by atoms with Gasteiger partial charge in [-0.2, -0.15) is 4.98 Å². The van der Waals surface area contributed by atoms with E-state index in [4.69, 9.17) is 9.47 Å². The minimum Gasteiger partial charge on any atom is -0.481 e. The Bertz CT molecular complexity index is 609. The Hall–Kier alpha value is -2.03. The summed E-state index contributed by atoms with van der Waals surface area (Å²) in [7, 11) is 1.56. The Morgan fingerprint density at radius 1 is 1.52 bits per heavy atom. The molecule has 8 heteroatoms. The zero-order valence-corrected chi connectivity index (χ0v) is 11.7. The molecule has 2 N–H and O–H groups in total. The minimum absolute atomic E-state index is 0.114. The molecule has 1 fully saturated rings. The summed E-state index contributed by atoms with van der Waals surface area (Å²) in [6, 6.07) is 5.39. The van der Waals surface area contributed by atoms with Crippen molar-refractivity contribution < 1.29 is 14.6 Å². The van der Waals surface area contributed by atoms with Crippen molar-refractivity contribution in [3.63, 3.8) is 0 Å². The highest BCUT2D eigenvalue weighted by molar-refractivity contribution is 5.27. The van der Waals surface area contributed by atoms with E-state index in [1.165, 1.54) is 0 Å². The van der Waals surface area contributed by atoms with Gasteiger partial charge in [0, 0.05) is 12.6 Å². The van der Waals surface area contributed by atoms with Crippen LogP contribution in [0.2, 0.25) is 0 Å². The molecule has 1 aliphatic heterocycles. The van der Waals surface area contributed by atoms with Crippen molar-refractivity contribution in [3.8, 4) is 11.7 Å². The lowest BCUT2D eigenvalue weighted by Gasteiger charge is -2.34. The highest BCUT2D eigenvalue weighted by Crippen LogP contribution is 2.22. The van der Waals surface area contributed by atoms with Crippen LogP contribution in [-0.2, 0) is 10.3 Å². The molecular formula is C13H17N5O3. The number of nitrogens with one attached hydrogen (secondary N) is 1. The summed E-state index contributed by atoms with van der Waals surface area (Å²) in [5, 5.41) is 21.2. The van der Waals surface area contributed by atoms with Crippen molar-refractivity contribution in [3.05, 3.63) is 30.1 Å². The molecule has 21 heavy (non-hydrogen) atoms. The maximum atomic E-state index is 9.70. The van der Waals surface area contributed by atoms with Crippen molar-refractivity contribution in [2.24, 2.45) is 0 Å². The second-order valence-corrected chi connectivity index (χ2v) is 4.81. The smallest absolute Gasteiger partial charge is 0.214 e. The van der Waals surface area contributed by atoms with Gasteiger partial charge >= 0.3 is 0 Å². The summed E-state index contributed by atoms with van der Waals surface area (Å²) in [6.45, 7) is 1.52. The highest BCUT2D eigenvalue weighted by Gasteiger charge is 2.37. The number of morpholine rings is 1. The monoisotopic (exact) mass is 291 g/mol. The van der Waals surface area contributed by atoms with Crippen molar-refractivity contribution in [2.45, 2.75) is 5.54 Å². The van der Waals surface area contributed by atoms with Gasteiger partial charge in [-0.1, -0.05) is 11.3 Å². The number of aromatic nitrogens is 4. The lowest BCUT2D eigenvalue weighted by molar-refractivity contribution is -0.00542. The average Bonchev–Trinajstić information content (AvgIpc) is 3.06. The second kappa shape index (κ2) is 5.76. The highest BCUT2D eigenvalue weighted by atomic mass is 16.5. The summed E-state index contributed by atoms with van der Waals surface area (Å²) in [5.74, 6) is 1.10. The van der Waals surface area contributed by atoms with Crippen LogP contribution in [0, 0.1) is 0 Å². The van der Waals surface area contributed by atoms with E-state index in [-0.39, 0.29) is 6.61 Å². The van der Waals surface area contributed by atoms with Gasteiger partial charge in [0.25, 0.3) is 0 Å². The number of nitrogens with zero attached hydrogens (tertiary/aromatic N) is 4. The predicted octanol–water partition coefficient (Wildman–Crippen LogP) is -0.522. The van der Waals surface area contributed by atoms with Crippen LogP contribution in [0.3, 0.4) is 0 Å². The van der Waals surface area contributed by atoms with Gasteiger partial charge < -0.3 is 14.6 Å². The molecule has 0 saturated carbocycles. The first-order valence-corrected chi connectivity index (χ1v) is 6.65. The quantitative estimate of drug-likeness (QED) is 0.782. The van der Waals surface area contributed by atoms with E-state index in [0.717, 1.165) is 0 Å². The molecule has 3 rings (SSSR count). The van der Waals surface area contributed by atoms with Gasteiger partial charge in [-0.15, -0.1) is 5.10 Å². The van der Waals surface area contributed by atoms with Crippen LogP contribution in [0.1, 0.15) is 5.69 Å². The van der Waals surface area contributed by atoms with Gasteiger partial charge in [0.05, 0.1) is 33.1 Å². The molecule has 2 aromatic heterocycles. The Kier molecular flexibility index (Phi) is 3.82. The number of hydrogen-bond donors (Lipinski definition) is 2. The van der Waals surface area contributed by atoms with Gasteiger partial charge in [0.15, 0.2) is 5.82 Å². The molecule has 1 atom stereocenters. The lowest BCUT2D eigenvalue weighted by Crippen LogP contribution is -2.54. The van der Waals surface area contributed by atoms with Gasteiger partial charge in [0.1, 0.15) is 11.2 Å². The zero-order chi connectivity index (χ0) is 14.7. The summed E-state index contributed by atoms with van der Waals surface area (Å²) >= 11 is 0. The van der Waals surface area contributed by atoms with Crippen LogP contribution in [0.15, 0.2) is 24.4 Å². The number of pyridine rings is 1. The minimum atomic E-state index is -0.713. The van der Waals surface area contributed by atoms with E-state index in [1.807, 2.05) is 6.07 Å². The molecule has 3 heterocycles. The third kappa shape index (κ3) is 2.60. The molecule has 8 nitrogen and oxygen atoms in total. The number of rotatable bonds is 4. The van der Waals surface area contributed by atoms with E-state index in [9.17, 15) is 5.11 Å². The third-order valence-electron chi connectivity index (χ3n) is 3.46. The molecule has 0 aromatic carbocycles. The number of aliphatic hydroxyl groups excluding tert-OH is 1. The molecule has 112 valence electrons. The number of methoxy groups -OCH3 is 1. The van der Waals surface area contributed by atoms with Crippen LogP contribution in [0.5, 0.6) is 5.88 Å². The fourth-order valence-corrected chi connectivity index (χ4v) is 2.25. The maximum Gasteiger partial charge on any atom is 0.214 e. The molecule has 1 saturated heterocycles. The number of aliphatic hydroxyl groups is 1. The van der Waals surface area contributed by atoms with Crippen molar-refractivity contribution in [2.75, 3.05) is 33.5 Å². The molecular weight excluding hydrogens is 274 g/mol. The first-order chi connectivity index (χ1) is 10.3. The SMILES string of the molecule is COc1cccc(-n2cc(C3(CO)COCCN3)nn2)n1. The van der Waals surface area contributed by atoms with Gasteiger partial charge in [-0.05, 0) is 6.07 Å². The van der Waals surface area contributed by atoms with Crippen molar-refractivity contribution in [1.29, 1.82) is 0 Å². The van der Waals surface area contributed by atoms with Crippen molar-refractivity contribution in [1.82, 2.24) is 25.3 Å². The molecule has 1 aliphatic rings. The molecule has 0 spiro atoms. The summed E-state index contributed by atoms with van der Waals surface area (Å²) in [4.78, 5) is 4.29. The Balaban J connectivity index is 1.91. The fraction of sp³-hybridized carbons (Fsp3) is 0.462. The first kappa shape index (κ1) is 13.9. The normalized spacial score (nSPS) is 22.2.